The van der Waals surface area contributed by atoms with Crippen LogP contribution in [0.2, 0.25) is 0 Å². The molecule has 1 aliphatic heterocycles. The van der Waals surface area contributed by atoms with E-state index in [1.807, 2.05) is 13.8 Å². The third kappa shape index (κ3) is 5.95. The standard InChI is InChI=1S/C23H23F4N3O3/c1-15-13-29(16(2)12-28(15)14-18-3-7-19(24)8-4-18)22(31)10-6-17-5-9-21(30(32)33)20(11-17)23(25,26)27/h3-11,15-16H,12-14H2,1-2H3/t15-,16+/m1/s1. The van der Waals surface area contributed by atoms with Crippen molar-refractivity contribution in [1.29, 1.82) is 0 Å². The van der Waals surface area contributed by atoms with Gasteiger partial charge in [0.05, 0.1) is 4.92 Å². The molecule has 2 aromatic rings. The van der Waals surface area contributed by atoms with E-state index >= 15 is 0 Å². The highest BCUT2D eigenvalue weighted by molar-refractivity contribution is 5.92. The van der Waals surface area contributed by atoms with Crippen LogP contribution in [0, 0.1) is 15.9 Å². The quantitative estimate of drug-likeness (QED) is 0.273. The molecule has 33 heavy (non-hydrogen) atoms. The Bertz CT molecular complexity index is 1050. The summed E-state index contributed by atoms with van der Waals surface area (Å²) in [4.78, 5) is 26.3. The van der Waals surface area contributed by atoms with Gasteiger partial charge in [-0.15, -0.1) is 0 Å². The van der Waals surface area contributed by atoms with Gasteiger partial charge < -0.3 is 4.90 Å². The Morgan fingerprint density at radius 3 is 2.39 bits per heavy atom. The first-order chi connectivity index (χ1) is 15.5. The average Bonchev–Trinajstić information content (AvgIpc) is 2.75. The fraction of sp³-hybridized carbons (Fsp3) is 0.348. The van der Waals surface area contributed by atoms with Crippen LogP contribution in [0.1, 0.15) is 30.5 Å². The van der Waals surface area contributed by atoms with E-state index in [1.54, 1.807) is 17.0 Å². The van der Waals surface area contributed by atoms with E-state index < -0.39 is 22.4 Å². The molecule has 0 unspecified atom stereocenters. The highest BCUT2D eigenvalue weighted by Crippen LogP contribution is 2.36. The highest BCUT2D eigenvalue weighted by Gasteiger charge is 2.38. The summed E-state index contributed by atoms with van der Waals surface area (Å²) in [6, 6.07) is 8.71. The zero-order valence-corrected chi connectivity index (χ0v) is 18.1. The Morgan fingerprint density at radius 1 is 1.12 bits per heavy atom. The van der Waals surface area contributed by atoms with Gasteiger partial charge >= 0.3 is 6.18 Å². The first-order valence-corrected chi connectivity index (χ1v) is 10.3. The van der Waals surface area contributed by atoms with Gasteiger partial charge in [0.25, 0.3) is 5.69 Å². The molecule has 2 atom stereocenters. The van der Waals surface area contributed by atoms with Gasteiger partial charge in [0.1, 0.15) is 11.4 Å². The Balaban J connectivity index is 1.69. The zero-order chi connectivity index (χ0) is 24.3. The third-order valence-corrected chi connectivity index (χ3v) is 5.64. The summed E-state index contributed by atoms with van der Waals surface area (Å²) in [5.74, 6) is -0.666. The Hall–Kier alpha value is -3.27. The second-order valence-corrected chi connectivity index (χ2v) is 8.11. The Morgan fingerprint density at radius 2 is 1.79 bits per heavy atom. The number of amides is 1. The fourth-order valence-corrected chi connectivity index (χ4v) is 3.86. The van der Waals surface area contributed by atoms with Gasteiger partial charge in [0, 0.05) is 43.9 Å². The minimum absolute atomic E-state index is 0.0137. The SMILES string of the molecule is C[C@@H]1CN(C(=O)C=Cc2ccc([N+](=O)[O-])c(C(F)(F)F)c2)[C@@H](C)CN1Cc1ccc(F)cc1. The number of carbonyl (C=O) groups is 1. The molecular formula is C23H23F4N3O3. The molecule has 1 fully saturated rings. The van der Waals surface area contributed by atoms with Crippen molar-refractivity contribution in [3.8, 4) is 0 Å². The first kappa shape index (κ1) is 24.4. The minimum Gasteiger partial charge on any atom is -0.334 e. The number of nitrogens with zero attached hydrogens (tertiary/aromatic N) is 3. The molecule has 1 saturated heterocycles. The monoisotopic (exact) mass is 465 g/mol. The van der Waals surface area contributed by atoms with Crippen molar-refractivity contribution < 1.29 is 27.3 Å². The normalized spacial score (nSPS) is 19.8. The number of alkyl halides is 3. The summed E-state index contributed by atoms with van der Waals surface area (Å²) < 4.78 is 52.6. The highest BCUT2D eigenvalue weighted by atomic mass is 19.4. The molecule has 1 amide bonds. The zero-order valence-electron chi connectivity index (χ0n) is 18.1. The van der Waals surface area contributed by atoms with Crippen molar-refractivity contribution in [2.45, 2.75) is 38.7 Å². The lowest BCUT2D eigenvalue weighted by Gasteiger charge is -2.44. The van der Waals surface area contributed by atoms with Gasteiger partial charge in [-0.3, -0.25) is 19.8 Å². The lowest BCUT2D eigenvalue weighted by Crippen LogP contribution is -2.57. The lowest BCUT2D eigenvalue weighted by atomic mass is 10.1. The van der Waals surface area contributed by atoms with Gasteiger partial charge in [-0.25, -0.2) is 4.39 Å². The average molecular weight is 465 g/mol. The molecule has 2 aromatic carbocycles. The fourth-order valence-electron chi connectivity index (χ4n) is 3.86. The van der Waals surface area contributed by atoms with Gasteiger partial charge in [0.15, 0.2) is 0 Å². The molecule has 0 aliphatic carbocycles. The van der Waals surface area contributed by atoms with Crippen LogP contribution in [-0.4, -0.2) is 45.8 Å². The number of hydrogen-bond donors (Lipinski definition) is 0. The van der Waals surface area contributed by atoms with Gasteiger partial charge in [-0.05, 0) is 55.3 Å². The van der Waals surface area contributed by atoms with Gasteiger partial charge in [0.2, 0.25) is 5.91 Å². The molecule has 10 heteroatoms. The summed E-state index contributed by atoms with van der Waals surface area (Å²) in [6.45, 7) is 5.44. The van der Waals surface area contributed by atoms with E-state index in [0.29, 0.717) is 25.7 Å². The van der Waals surface area contributed by atoms with Crippen LogP contribution in [0.15, 0.2) is 48.5 Å². The van der Waals surface area contributed by atoms with Crippen molar-refractivity contribution in [2.24, 2.45) is 0 Å². The van der Waals surface area contributed by atoms with E-state index in [2.05, 4.69) is 4.90 Å². The van der Waals surface area contributed by atoms with Gasteiger partial charge in [-0.2, -0.15) is 13.2 Å². The predicted octanol–water partition coefficient (Wildman–Crippen LogP) is 4.89. The number of halogens is 4. The number of nitro benzene ring substituents is 1. The minimum atomic E-state index is -4.89. The smallest absolute Gasteiger partial charge is 0.334 e. The van der Waals surface area contributed by atoms with Crippen molar-refractivity contribution in [3.63, 3.8) is 0 Å². The van der Waals surface area contributed by atoms with E-state index in [0.717, 1.165) is 11.6 Å². The largest absolute Gasteiger partial charge is 0.423 e. The molecule has 0 radical (unpaired) electrons. The first-order valence-electron chi connectivity index (χ1n) is 10.3. The second-order valence-electron chi connectivity index (χ2n) is 8.11. The van der Waals surface area contributed by atoms with Crippen LogP contribution in [0.25, 0.3) is 6.08 Å². The molecule has 1 heterocycles. The maximum Gasteiger partial charge on any atom is 0.423 e. The number of rotatable bonds is 5. The summed E-state index contributed by atoms with van der Waals surface area (Å²) in [5, 5.41) is 10.9. The van der Waals surface area contributed by atoms with Gasteiger partial charge in [-0.1, -0.05) is 12.1 Å². The molecule has 0 spiro atoms. The Labute approximate surface area is 188 Å². The number of hydrogen-bond acceptors (Lipinski definition) is 4. The maximum absolute atomic E-state index is 13.2. The van der Waals surface area contributed by atoms with E-state index in [-0.39, 0.29) is 29.4 Å². The van der Waals surface area contributed by atoms with Crippen molar-refractivity contribution in [2.75, 3.05) is 13.1 Å². The molecule has 0 aromatic heterocycles. The number of benzene rings is 2. The predicted molar refractivity (Wildman–Crippen MR) is 115 cm³/mol. The van der Waals surface area contributed by atoms with Crippen molar-refractivity contribution >= 4 is 17.7 Å². The maximum atomic E-state index is 13.2. The molecule has 0 N–H and O–H groups in total. The van der Waals surface area contributed by atoms with E-state index in [1.165, 1.54) is 30.4 Å². The molecule has 3 rings (SSSR count). The van der Waals surface area contributed by atoms with Crippen LogP contribution < -0.4 is 0 Å². The molecule has 1 aliphatic rings. The van der Waals surface area contributed by atoms with Crippen LogP contribution in [0.3, 0.4) is 0 Å². The summed E-state index contributed by atoms with van der Waals surface area (Å²) >= 11 is 0. The second kappa shape index (κ2) is 9.70. The summed E-state index contributed by atoms with van der Waals surface area (Å²) in [7, 11) is 0. The van der Waals surface area contributed by atoms with Crippen LogP contribution in [-0.2, 0) is 17.5 Å². The van der Waals surface area contributed by atoms with Crippen molar-refractivity contribution in [1.82, 2.24) is 9.80 Å². The van der Waals surface area contributed by atoms with E-state index in [9.17, 15) is 32.5 Å². The van der Waals surface area contributed by atoms with Crippen molar-refractivity contribution in [3.05, 3.63) is 81.2 Å². The molecule has 0 bridgehead atoms. The third-order valence-electron chi connectivity index (χ3n) is 5.64. The van der Waals surface area contributed by atoms with Crippen LogP contribution in [0.5, 0.6) is 0 Å². The molecule has 176 valence electrons. The lowest BCUT2D eigenvalue weighted by molar-refractivity contribution is -0.388. The topological polar surface area (TPSA) is 66.7 Å². The molecule has 6 nitrogen and oxygen atoms in total. The molecular weight excluding hydrogens is 442 g/mol. The number of nitro groups is 1. The number of piperazine rings is 1. The number of carbonyl (C=O) groups excluding carboxylic acids is 1. The summed E-state index contributed by atoms with van der Waals surface area (Å²) in [5.41, 5.74) is -1.41. The van der Waals surface area contributed by atoms with E-state index in [4.69, 9.17) is 0 Å². The Kier molecular flexibility index (Phi) is 7.16. The molecule has 0 saturated carbocycles. The summed E-state index contributed by atoms with van der Waals surface area (Å²) in [6.07, 6.45) is -2.48. The van der Waals surface area contributed by atoms with Crippen LogP contribution in [0.4, 0.5) is 23.2 Å². The van der Waals surface area contributed by atoms with Crippen LogP contribution >= 0.6 is 0 Å².